The molecule has 0 atom stereocenters. The second-order valence-corrected chi connectivity index (χ2v) is 7.09. The van der Waals surface area contributed by atoms with Crippen molar-refractivity contribution in [2.45, 2.75) is 12.8 Å². The molecule has 0 amide bonds. The van der Waals surface area contributed by atoms with Gasteiger partial charge in [-0.1, -0.05) is 0 Å². The number of halogens is 2. The number of aliphatic carboxylic acids is 1. The zero-order chi connectivity index (χ0) is 17.7. The second-order valence-electron chi connectivity index (χ2n) is 5.33. The fourth-order valence-corrected chi connectivity index (χ4v) is 3.57. The van der Waals surface area contributed by atoms with Crippen molar-refractivity contribution in [2.24, 2.45) is 5.92 Å². The zero-order valence-electron chi connectivity index (χ0n) is 12.7. The summed E-state index contributed by atoms with van der Waals surface area (Å²) in [5.74, 6) is -3.22. The van der Waals surface area contributed by atoms with Crippen molar-refractivity contribution < 1.29 is 31.8 Å². The van der Waals surface area contributed by atoms with Gasteiger partial charge in [-0.15, -0.1) is 0 Å². The highest BCUT2D eigenvalue weighted by atomic mass is 32.2. The molecule has 0 aromatic heterocycles. The van der Waals surface area contributed by atoms with E-state index < -0.39 is 33.7 Å². The van der Waals surface area contributed by atoms with Crippen LogP contribution in [0.1, 0.15) is 12.8 Å². The van der Waals surface area contributed by atoms with Gasteiger partial charge >= 0.3 is 5.97 Å². The first kappa shape index (κ1) is 18.6. The van der Waals surface area contributed by atoms with Gasteiger partial charge in [0.1, 0.15) is 12.4 Å². The molecule has 0 aliphatic carbocycles. The highest BCUT2D eigenvalue weighted by Crippen LogP contribution is 2.19. The van der Waals surface area contributed by atoms with E-state index in [0.29, 0.717) is 6.07 Å². The molecular weight excluding hydrogens is 346 g/mol. The van der Waals surface area contributed by atoms with Crippen LogP contribution in [0.3, 0.4) is 0 Å². The van der Waals surface area contributed by atoms with Gasteiger partial charge in [0.2, 0.25) is 0 Å². The van der Waals surface area contributed by atoms with E-state index in [1.54, 1.807) is 0 Å². The van der Waals surface area contributed by atoms with Crippen LogP contribution < -0.4 is 9.46 Å². The Morgan fingerprint density at radius 3 is 2.58 bits per heavy atom. The number of carbonyl (C=O) groups is 1. The maximum Gasteiger partial charge on any atom is 0.306 e. The summed E-state index contributed by atoms with van der Waals surface area (Å²) < 4.78 is 58.8. The van der Waals surface area contributed by atoms with Crippen molar-refractivity contribution >= 4 is 16.2 Å². The molecule has 1 aliphatic rings. The van der Waals surface area contributed by atoms with Crippen LogP contribution in [-0.2, 0) is 15.0 Å². The fraction of sp³-hybridized carbons (Fsp3) is 0.500. The van der Waals surface area contributed by atoms with Crippen molar-refractivity contribution in [3.8, 4) is 5.75 Å². The Labute approximate surface area is 138 Å². The summed E-state index contributed by atoms with van der Waals surface area (Å²) >= 11 is 0. The molecular formula is C14H18F2N2O5S. The van der Waals surface area contributed by atoms with E-state index in [4.69, 9.17) is 9.84 Å². The molecule has 10 heteroatoms. The Morgan fingerprint density at radius 2 is 2.00 bits per heavy atom. The van der Waals surface area contributed by atoms with Crippen LogP contribution in [0.5, 0.6) is 5.75 Å². The molecule has 134 valence electrons. The van der Waals surface area contributed by atoms with E-state index in [2.05, 4.69) is 4.72 Å². The summed E-state index contributed by atoms with van der Waals surface area (Å²) in [4.78, 5) is 10.9. The minimum atomic E-state index is -3.75. The smallest absolute Gasteiger partial charge is 0.306 e. The van der Waals surface area contributed by atoms with Gasteiger partial charge in [-0.05, 0) is 25.0 Å². The van der Waals surface area contributed by atoms with Crippen molar-refractivity contribution in [1.29, 1.82) is 0 Å². The number of rotatable bonds is 7. The maximum atomic E-state index is 13.3. The number of piperidine rings is 1. The van der Waals surface area contributed by atoms with Crippen LogP contribution in [0, 0.1) is 17.6 Å². The lowest BCUT2D eigenvalue weighted by atomic mass is 9.99. The molecule has 0 radical (unpaired) electrons. The molecule has 1 fully saturated rings. The summed E-state index contributed by atoms with van der Waals surface area (Å²) in [5, 5.41) is 8.89. The lowest BCUT2D eigenvalue weighted by Crippen LogP contribution is -2.46. The van der Waals surface area contributed by atoms with Crippen molar-refractivity contribution in [2.75, 3.05) is 26.2 Å². The summed E-state index contributed by atoms with van der Waals surface area (Å²) in [6, 6.07) is 2.83. The topological polar surface area (TPSA) is 95.9 Å². The van der Waals surface area contributed by atoms with Gasteiger partial charge in [-0.3, -0.25) is 4.79 Å². The summed E-state index contributed by atoms with van der Waals surface area (Å²) in [6.45, 7) is 0.0187. The van der Waals surface area contributed by atoms with E-state index in [0.717, 1.165) is 12.1 Å². The Balaban J connectivity index is 1.78. The van der Waals surface area contributed by atoms with E-state index in [-0.39, 0.29) is 44.8 Å². The minimum absolute atomic E-state index is 0.0992. The second kappa shape index (κ2) is 7.86. The monoisotopic (exact) mass is 364 g/mol. The number of nitrogens with one attached hydrogen (secondary N) is 1. The van der Waals surface area contributed by atoms with Gasteiger partial charge in [0, 0.05) is 25.7 Å². The first-order chi connectivity index (χ1) is 11.3. The predicted octanol–water partition coefficient (Wildman–Crippen LogP) is 0.975. The van der Waals surface area contributed by atoms with Crippen LogP contribution in [0.4, 0.5) is 8.78 Å². The highest BCUT2D eigenvalue weighted by molar-refractivity contribution is 7.87. The van der Waals surface area contributed by atoms with Gasteiger partial charge in [0.15, 0.2) is 11.6 Å². The molecule has 0 saturated carbocycles. The number of benzene rings is 1. The molecule has 0 bridgehead atoms. The average molecular weight is 364 g/mol. The number of nitrogens with zero attached hydrogens (tertiary/aromatic N) is 1. The lowest BCUT2D eigenvalue weighted by molar-refractivity contribution is -0.142. The predicted molar refractivity (Wildman–Crippen MR) is 80.7 cm³/mol. The quantitative estimate of drug-likeness (QED) is 0.703. The summed E-state index contributed by atoms with van der Waals surface area (Å²) in [6.07, 6.45) is 0.515. The maximum absolute atomic E-state index is 13.3. The van der Waals surface area contributed by atoms with Crippen molar-refractivity contribution in [3.63, 3.8) is 0 Å². The molecule has 1 saturated heterocycles. The molecule has 1 aromatic carbocycles. The standard InChI is InChI=1S/C14H18F2N2O5S/c15-11-1-2-13(12(16)9-11)23-8-5-17-24(21,22)18-6-3-10(4-7-18)14(19)20/h1-2,9-10,17H,3-8H2,(H,19,20). The van der Waals surface area contributed by atoms with Gasteiger partial charge in [-0.2, -0.15) is 17.4 Å². The first-order valence-corrected chi connectivity index (χ1v) is 8.79. The average Bonchev–Trinajstić information content (AvgIpc) is 2.53. The van der Waals surface area contributed by atoms with Gasteiger partial charge in [0.05, 0.1) is 5.92 Å². The van der Waals surface area contributed by atoms with Crippen LogP contribution in [0.25, 0.3) is 0 Å². The number of carboxylic acid groups (broad SMARTS) is 1. The Hall–Kier alpha value is -1.78. The van der Waals surface area contributed by atoms with E-state index in [9.17, 15) is 22.0 Å². The molecule has 24 heavy (non-hydrogen) atoms. The molecule has 2 rings (SSSR count). The van der Waals surface area contributed by atoms with Crippen LogP contribution in [0.2, 0.25) is 0 Å². The number of hydrogen-bond acceptors (Lipinski definition) is 4. The third-order valence-corrected chi connectivity index (χ3v) is 5.30. The molecule has 2 N–H and O–H groups in total. The third-order valence-electron chi connectivity index (χ3n) is 3.68. The minimum Gasteiger partial charge on any atom is -0.489 e. The van der Waals surface area contributed by atoms with E-state index in [1.807, 2.05) is 0 Å². The molecule has 1 aliphatic heterocycles. The first-order valence-electron chi connectivity index (χ1n) is 7.35. The number of carboxylic acids is 1. The molecule has 1 aromatic rings. The van der Waals surface area contributed by atoms with E-state index in [1.165, 1.54) is 4.31 Å². The van der Waals surface area contributed by atoms with Crippen molar-refractivity contribution in [3.05, 3.63) is 29.8 Å². The SMILES string of the molecule is O=C(O)C1CCN(S(=O)(=O)NCCOc2ccc(F)cc2F)CC1. The zero-order valence-corrected chi connectivity index (χ0v) is 13.6. The molecule has 0 unspecified atom stereocenters. The molecule has 7 nitrogen and oxygen atoms in total. The Morgan fingerprint density at radius 1 is 1.33 bits per heavy atom. The molecule has 1 heterocycles. The van der Waals surface area contributed by atoms with Gasteiger partial charge in [-0.25, -0.2) is 8.78 Å². The largest absolute Gasteiger partial charge is 0.489 e. The lowest BCUT2D eigenvalue weighted by Gasteiger charge is -2.29. The summed E-state index contributed by atoms with van der Waals surface area (Å²) in [5.41, 5.74) is 0. The fourth-order valence-electron chi connectivity index (χ4n) is 2.36. The normalized spacial score (nSPS) is 16.9. The van der Waals surface area contributed by atoms with Crippen LogP contribution >= 0.6 is 0 Å². The van der Waals surface area contributed by atoms with Gasteiger partial charge < -0.3 is 9.84 Å². The van der Waals surface area contributed by atoms with Crippen LogP contribution in [-0.4, -0.2) is 50.0 Å². The van der Waals surface area contributed by atoms with E-state index >= 15 is 0 Å². The third kappa shape index (κ3) is 4.86. The number of hydrogen-bond donors (Lipinski definition) is 2. The number of ether oxygens (including phenoxy) is 1. The Kier molecular flexibility index (Phi) is 6.08. The molecule has 0 spiro atoms. The van der Waals surface area contributed by atoms with Crippen LogP contribution in [0.15, 0.2) is 18.2 Å². The van der Waals surface area contributed by atoms with Crippen molar-refractivity contribution in [1.82, 2.24) is 9.03 Å². The summed E-state index contributed by atoms with van der Waals surface area (Å²) in [7, 11) is -3.75. The highest BCUT2D eigenvalue weighted by Gasteiger charge is 2.30. The Bertz CT molecular complexity index is 690. The van der Waals surface area contributed by atoms with Gasteiger partial charge in [0.25, 0.3) is 10.2 Å².